The van der Waals surface area contributed by atoms with Gasteiger partial charge in [0.15, 0.2) is 0 Å². The van der Waals surface area contributed by atoms with Crippen LogP contribution in [0.25, 0.3) is 0 Å². The Kier molecular flexibility index (Phi) is 6.22. The monoisotopic (exact) mass is 390 g/mol. The average Bonchev–Trinajstić information content (AvgIpc) is 2.61. The lowest BCUT2D eigenvalue weighted by Gasteiger charge is -2.39. The first kappa shape index (κ1) is 21.1. The molecule has 2 heterocycles. The highest BCUT2D eigenvalue weighted by Gasteiger charge is 2.34. The Balaban J connectivity index is 2.00. The Labute approximate surface area is 163 Å². The largest absolute Gasteiger partial charge is 0.444 e. The number of anilines is 2. The van der Waals surface area contributed by atoms with Crippen LogP contribution >= 0.6 is 0 Å². The number of rotatable bonds is 2. The van der Waals surface area contributed by atoms with Crippen LogP contribution in [0.15, 0.2) is 12.4 Å². The van der Waals surface area contributed by atoms with E-state index in [1.807, 2.05) is 0 Å². The zero-order chi connectivity index (χ0) is 21.1. The lowest BCUT2D eigenvalue weighted by molar-refractivity contribution is -0.145. The maximum atomic E-state index is 12.5. The summed E-state index contributed by atoms with van der Waals surface area (Å²) in [5, 5.41) is 9.70. The smallest absolute Gasteiger partial charge is 0.410 e. The topological polar surface area (TPSA) is 142 Å². The van der Waals surface area contributed by atoms with E-state index in [1.165, 1.54) is 17.3 Å². The zero-order valence-corrected chi connectivity index (χ0v) is 16.5. The summed E-state index contributed by atoms with van der Waals surface area (Å²) < 4.78 is 5.37. The molecule has 4 N–H and O–H groups in total. The molecule has 0 aliphatic carbocycles. The maximum absolute atomic E-state index is 12.5. The molecule has 0 saturated carbocycles. The molecular formula is C18H26N6O4. The van der Waals surface area contributed by atoms with Crippen molar-refractivity contribution in [1.82, 2.24) is 14.8 Å². The summed E-state index contributed by atoms with van der Waals surface area (Å²) >= 11 is 0. The number of nitrogen functional groups attached to an aromatic ring is 1. The van der Waals surface area contributed by atoms with Crippen LogP contribution in [0.5, 0.6) is 0 Å². The zero-order valence-electron chi connectivity index (χ0n) is 16.5. The summed E-state index contributed by atoms with van der Waals surface area (Å²) in [4.78, 5) is 43.9. The molecule has 10 nitrogen and oxygen atoms in total. The van der Waals surface area contributed by atoms with E-state index in [0.29, 0.717) is 5.56 Å². The molecule has 0 aromatic carbocycles. The van der Waals surface area contributed by atoms with Crippen LogP contribution in [0.2, 0.25) is 0 Å². The van der Waals surface area contributed by atoms with Gasteiger partial charge in [-0.3, -0.25) is 14.6 Å². The van der Waals surface area contributed by atoms with Gasteiger partial charge in [0, 0.05) is 43.7 Å². The van der Waals surface area contributed by atoms with Gasteiger partial charge in [0.2, 0.25) is 0 Å². The number of hydrogen-bond donors (Lipinski definition) is 3. The predicted molar refractivity (Wildman–Crippen MR) is 104 cm³/mol. The molecule has 1 unspecified atom stereocenters. The Morgan fingerprint density at radius 1 is 1.32 bits per heavy atom. The first-order chi connectivity index (χ1) is 13.0. The molecule has 1 fully saturated rings. The van der Waals surface area contributed by atoms with Gasteiger partial charge in [0.1, 0.15) is 5.60 Å². The molecule has 1 atom stereocenters. The minimum Gasteiger partial charge on any atom is -0.444 e. The van der Waals surface area contributed by atoms with E-state index < -0.39 is 23.5 Å². The first-order valence-electron chi connectivity index (χ1n) is 8.87. The van der Waals surface area contributed by atoms with Crippen molar-refractivity contribution in [2.45, 2.75) is 39.3 Å². The van der Waals surface area contributed by atoms with Crippen LogP contribution in [0.4, 0.5) is 16.2 Å². The molecule has 0 bridgehead atoms. The highest BCUT2D eigenvalue weighted by molar-refractivity contribution is 6.39. The molecule has 3 amide bonds. The molecule has 1 aliphatic heterocycles. The molecule has 1 saturated heterocycles. The van der Waals surface area contributed by atoms with E-state index >= 15 is 0 Å². The second-order valence-corrected chi connectivity index (χ2v) is 7.56. The van der Waals surface area contributed by atoms with E-state index in [-0.39, 0.29) is 37.1 Å². The van der Waals surface area contributed by atoms with Crippen LogP contribution in [-0.2, 0) is 14.3 Å². The van der Waals surface area contributed by atoms with Crippen molar-refractivity contribution in [3.8, 4) is 0 Å². The second-order valence-electron chi connectivity index (χ2n) is 7.56. The third kappa shape index (κ3) is 4.96. The Morgan fingerprint density at radius 2 is 2.00 bits per heavy atom. The summed E-state index contributed by atoms with van der Waals surface area (Å²) in [7, 11) is 0. The van der Waals surface area contributed by atoms with Gasteiger partial charge in [-0.05, 0) is 27.7 Å². The minimum absolute atomic E-state index is 0.161. The summed E-state index contributed by atoms with van der Waals surface area (Å²) in [6.07, 6.45) is 3.27. The lowest BCUT2D eigenvalue weighted by Crippen LogP contribution is -2.57. The number of aromatic nitrogens is 1. The standard InChI is InChI=1S/C18H26N6O4/c1-11-10-23(5-6-24(11)17(27)28-18(2,3)4)16(26)15(25)22-13-9-21-8-12(7-19)14(13)20/h7-9,11,19H,5-6,10H2,1-4H3,(H2,20,21)(H,22,25). The summed E-state index contributed by atoms with van der Waals surface area (Å²) in [5.74, 6) is -1.58. The number of nitrogens with zero attached hydrogens (tertiary/aromatic N) is 3. The van der Waals surface area contributed by atoms with E-state index in [0.717, 1.165) is 6.21 Å². The van der Waals surface area contributed by atoms with E-state index in [1.54, 1.807) is 32.6 Å². The number of nitrogens with one attached hydrogen (secondary N) is 2. The quantitative estimate of drug-likeness (QED) is 0.509. The van der Waals surface area contributed by atoms with Crippen LogP contribution in [0.1, 0.15) is 33.3 Å². The van der Waals surface area contributed by atoms with Gasteiger partial charge in [0.05, 0.1) is 17.6 Å². The molecule has 1 aromatic rings. The van der Waals surface area contributed by atoms with Crippen molar-refractivity contribution in [3.63, 3.8) is 0 Å². The molecule has 0 spiro atoms. The predicted octanol–water partition coefficient (Wildman–Crippen LogP) is 1.07. The molecule has 2 rings (SSSR count). The van der Waals surface area contributed by atoms with Gasteiger partial charge < -0.3 is 31.0 Å². The van der Waals surface area contributed by atoms with E-state index in [4.69, 9.17) is 15.9 Å². The van der Waals surface area contributed by atoms with Crippen molar-refractivity contribution in [2.24, 2.45) is 0 Å². The van der Waals surface area contributed by atoms with Crippen LogP contribution in [0.3, 0.4) is 0 Å². The number of ether oxygens (including phenoxy) is 1. The fourth-order valence-corrected chi connectivity index (χ4v) is 2.75. The molecule has 0 radical (unpaired) electrons. The third-order valence-corrected chi connectivity index (χ3v) is 4.16. The fourth-order valence-electron chi connectivity index (χ4n) is 2.75. The third-order valence-electron chi connectivity index (χ3n) is 4.16. The lowest BCUT2D eigenvalue weighted by atomic mass is 10.2. The number of carbonyl (C=O) groups excluding carboxylic acids is 3. The number of nitrogens with two attached hydrogens (primary N) is 1. The van der Waals surface area contributed by atoms with Gasteiger partial charge in [-0.1, -0.05) is 0 Å². The molecule has 1 aromatic heterocycles. The molecule has 152 valence electrons. The number of hydrogen-bond acceptors (Lipinski definition) is 7. The molecule has 28 heavy (non-hydrogen) atoms. The average molecular weight is 390 g/mol. The SMILES string of the molecule is CC1CN(C(=O)C(=O)Nc2cncc(C=N)c2N)CCN1C(=O)OC(C)(C)C. The van der Waals surface area contributed by atoms with E-state index in [9.17, 15) is 14.4 Å². The number of carbonyl (C=O) groups is 3. The number of amides is 3. The van der Waals surface area contributed by atoms with Crippen LogP contribution in [0, 0.1) is 5.41 Å². The van der Waals surface area contributed by atoms with Crippen molar-refractivity contribution in [1.29, 1.82) is 5.41 Å². The highest BCUT2D eigenvalue weighted by atomic mass is 16.6. The Hall–Kier alpha value is -3.17. The van der Waals surface area contributed by atoms with Gasteiger partial charge in [0.25, 0.3) is 0 Å². The summed E-state index contributed by atoms with van der Waals surface area (Å²) in [6.45, 7) is 7.83. The Bertz CT molecular complexity index is 789. The Morgan fingerprint density at radius 3 is 2.57 bits per heavy atom. The maximum Gasteiger partial charge on any atom is 0.410 e. The molecule has 1 aliphatic rings. The van der Waals surface area contributed by atoms with Gasteiger partial charge in [-0.25, -0.2) is 4.79 Å². The van der Waals surface area contributed by atoms with Gasteiger partial charge >= 0.3 is 17.9 Å². The van der Waals surface area contributed by atoms with Gasteiger partial charge in [-0.15, -0.1) is 0 Å². The summed E-state index contributed by atoms with van der Waals surface area (Å²) in [5.41, 5.74) is 5.91. The summed E-state index contributed by atoms with van der Waals surface area (Å²) in [6, 6.07) is -0.298. The van der Waals surface area contributed by atoms with Crippen LogP contribution in [-0.4, -0.2) is 70.2 Å². The van der Waals surface area contributed by atoms with Crippen molar-refractivity contribution < 1.29 is 19.1 Å². The minimum atomic E-state index is -0.853. The normalized spacial score (nSPS) is 17.1. The number of pyridine rings is 1. The molecule has 10 heteroatoms. The first-order valence-corrected chi connectivity index (χ1v) is 8.87. The van der Waals surface area contributed by atoms with Crippen molar-refractivity contribution in [3.05, 3.63) is 18.0 Å². The van der Waals surface area contributed by atoms with Crippen molar-refractivity contribution >= 4 is 35.5 Å². The second kappa shape index (κ2) is 8.24. The molecular weight excluding hydrogens is 364 g/mol. The fraction of sp³-hybridized carbons (Fsp3) is 0.500. The van der Waals surface area contributed by atoms with Crippen molar-refractivity contribution in [2.75, 3.05) is 30.7 Å². The van der Waals surface area contributed by atoms with Crippen LogP contribution < -0.4 is 11.1 Å². The number of piperazine rings is 1. The van der Waals surface area contributed by atoms with Gasteiger partial charge in [-0.2, -0.15) is 0 Å². The highest BCUT2D eigenvalue weighted by Crippen LogP contribution is 2.20. The van der Waals surface area contributed by atoms with E-state index in [2.05, 4.69) is 10.3 Å².